The number of carbonyl (C=O) groups is 1. The van der Waals surface area contributed by atoms with Crippen molar-refractivity contribution in [2.45, 2.75) is 38.0 Å². The molecule has 0 aliphatic carbocycles. The maximum atomic E-state index is 13.8. The summed E-state index contributed by atoms with van der Waals surface area (Å²) in [6.45, 7) is 6.03. The molecule has 0 aliphatic heterocycles. The molecule has 1 aromatic carbocycles. The van der Waals surface area contributed by atoms with Gasteiger partial charge >= 0.3 is 0 Å². The molecule has 24 heavy (non-hydrogen) atoms. The summed E-state index contributed by atoms with van der Waals surface area (Å²) in [4.78, 5) is 13.7. The fourth-order valence-electron chi connectivity index (χ4n) is 1.94. The van der Waals surface area contributed by atoms with Crippen LogP contribution < -0.4 is 0 Å². The highest BCUT2D eigenvalue weighted by atomic mass is 35.5. The Labute approximate surface area is 149 Å². The van der Waals surface area contributed by atoms with Gasteiger partial charge in [0, 0.05) is 24.2 Å². The SMILES string of the molecule is CN(Cc1c(F)cccc1Cl)C(=O)CSc1nnnn1C(C)(C)C. The average Bonchev–Trinajstić information content (AvgIpc) is 2.97. The van der Waals surface area contributed by atoms with Crippen LogP contribution in [0.1, 0.15) is 26.3 Å². The first-order chi connectivity index (χ1) is 11.2. The Kier molecular flexibility index (Phi) is 5.82. The maximum absolute atomic E-state index is 13.8. The van der Waals surface area contributed by atoms with Crippen LogP contribution in [0.3, 0.4) is 0 Å². The number of hydrogen-bond donors (Lipinski definition) is 0. The van der Waals surface area contributed by atoms with Crippen molar-refractivity contribution in [2.24, 2.45) is 0 Å². The average molecular weight is 372 g/mol. The number of halogens is 2. The van der Waals surface area contributed by atoms with Crippen molar-refractivity contribution in [3.63, 3.8) is 0 Å². The van der Waals surface area contributed by atoms with Crippen LogP contribution in [0.25, 0.3) is 0 Å². The fraction of sp³-hybridized carbons (Fsp3) is 0.467. The normalized spacial score (nSPS) is 11.6. The van der Waals surface area contributed by atoms with Gasteiger partial charge in [-0.3, -0.25) is 4.79 Å². The van der Waals surface area contributed by atoms with Crippen molar-refractivity contribution < 1.29 is 9.18 Å². The minimum atomic E-state index is -0.425. The summed E-state index contributed by atoms with van der Waals surface area (Å²) < 4.78 is 15.5. The molecule has 0 aliphatic rings. The Morgan fingerprint density at radius 1 is 1.42 bits per heavy atom. The van der Waals surface area contributed by atoms with Crippen molar-refractivity contribution in [2.75, 3.05) is 12.8 Å². The summed E-state index contributed by atoms with van der Waals surface area (Å²) in [5.41, 5.74) is 0.0288. The predicted molar refractivity (Wildman–Crippen MR) is 91.4 cm³/mol. The lowest BCUT2D eigenvalue weighted by atomic mass is 10.1. The molecular formula is C15H19ClFN5OS. The molecule has 0 saturated carbocycles. The van der Waals surface area contributed by atoms with Crippen LogP contribution in [0.2, 0.25) is 5.02 Å². The van der Waals surface area contributed by atoms with Crippen molar-refractivity contribution in [3.8, 4) is 0 Å². The molecule has 1 aromatic heterocycles. The topological polar surface area (TPSA) is 63.9 Å². The first kappa shape index (κ1) is 18.7. The number of carbonyl (C=O) groups excluding carboxylic acids is 1. The smallest absolute Gasteiger partial charge is 0.233 e. The standard InChI is InChI=1S/C15H19ClFN5OS/c1-15(2,3)22-14(18-19-20-22)24-9-13(23)21(4)8-10-11(16)6-5-7-12(10)17/h5-7H,8-9H2,1-4H3. The van der Waals surface area contributed by atoms with Gasteiger partial charge in [-0.25, -0.2) is 9.07 Å². The summed E-state index contributed by atoms with van der Waals surface area (Å²) >= 11 is 7.24. The molecule has 0 bridgehead atoms. The zero-order chi connectivity index (χ0) is 17.9. The van der Waals surface area contributed by atoms with Crippen molar-refractivity contribution >= 4 is 29.3 Å². The summed E-state index contributed by atoms with van der Waals surface area (Å²) in [5, 5.41) is 12.4. The minimum Gasteiger partial charge on any atom is -0.341 e. The van der Waals surface area contributed by atoms with E-state index >= 15 is 0 Å². The van der Waals surface area contributed by atoms with Crippen molar-refractivity contribution in [1.29, 1.82) is 0 Å². The summed E-state index contributed by atoms with van der Waals surface area (Å²) in [7, 11) is 1.61. The third kappa shape index (κ3) is 4.45. The first-order valence-electron chi connectivity index (χ1n) is 7.28. The van der Waals surface area contributed by atoms with Gasteiger partial charge in [-0.1, -0.05) is 29.4 Å². The zero-order valence-corrected chi connectivity index (χ0v) is 15.5. The predicted octanol–water partition coefficient (Wildman–Crippen LogP) is 2.97. The zero-order valence-electron chi connectivity index (χ0n) is 14.0. The van der Waals surface area contributed by atoms with Gasteiger partial charge in [0.15, 0.2) is 0 Å². The lowest BCUT2D eigenvalue weighted by Gasteiger charge is -2.20. The second kappa shape index (κ2) is 7.48. The maximum Gasteiger partial charge on any atom is 0.233 e. The third-order valence-corrected chi connectivity index (χ3v) is 4.54. The van der Waals surface area contributed by atoms with Crippen LogP contribution in [0.5, 0.6) is 0 Å². The number of rotatable bonds is 5. The van der Waals surface area contributed by atoms with E-state index in [1.807, 2.05) is 20.8 Å². The van der Waals surface area contributed by atoms with Crippen LogP contribution in [-0.2, 0) is 16.9 Å². The van der Waals surface area contributed by atoms with Gasteiger partial charge in [0.05, 0.1) is 11.3 Å². The Bertz CT molecular complexity index is 711. The van der Waals surface area contributed by atoms with Gasteiger partial charge in [-0.2, -0.15) is 0 Å². The molecule has 0 radical (unpaired) electrons. The summed E-state index contributed by atoms with van der Waals surface area (Å²) in [5.74, 6) is -0.437. The van der Waals surface area contributed by atoms with Crippen LogP contribution >= 0.6 is 23.4 Å². The van der Waals surface area contributed by atoms with Gasteiger partial charge in [0.25, 0.3) is 0 Å². The van der Waals surface area contributed by atoms with E-state index in [2.05, 4.69) is 15.5 Å². The molecule has 9 heteroatoms. The molecule has 0 fully saturated rings. The van der Waals surface area contributed by atoms with E-state index < -0.39 is 5.82 Å². The van der Waals surface area contributed by atoms with E-state index in [0.717, 1.165) is 0 Å². The number of amides is 1. The van der Waals surface area contributed by atoms with E-state index in [9.17, 15) is 9.18 Å². The van der Waals surface area contributed by atoms with Crippen molar-refractivity contribution in [3.05, 3.63) is 34.6 Å². The van der Waals surface area contributed by atoms with Crippen LogP contribution in [0, 0.1) is 5.82 Å². The van der Waals surface area contributed by atoms with E-state index in [1.54, 1.807) is 17.8 Å². The molecule has 0 saturated heterocycles. The highest BCUT2D eigenvalue weighted by molar-refractivity contribution is 7.99. The molecule has 1 amide bonds. The quantitative estimate of drug-likeness (QED) is 0.756. The highest BCUT2D eigenvalue weighted by Gasteiger charge is 2.21. The van der Waals surface area contributed by atoms with E-state index in [1.165, 1.54) is 28.8 Å². The van der Waals surface area contributed by atoms with E-state index in [0.29, 0.717) is 15.7 Å². The monoisotopic (exact) mass is 371 g/mol. The fourth-order valence-corrected chi connectivity index (χ4v) is 3.16. The Morgan fingerprint density at radius 2 is 2.12 bits per heavy atom. The Hall–Kier alpha value is -1.67. The number of aromatic nitrogens is 4. The number of hydrogen-bond acceptors (Lipinski definition) is 5. The van der Waals surface area contributed by atoms with Gasteiger partial charge in [-0.15, -0.1) is 5.10 Å². The summed E-state index contributed by atoms with van der Waals surface area (Å²) in [6.07, 6.45) is 0. The van der Waals surface area contributed by atoms with Crippen LogP contribution in [-0.4, -0.2) is 43.8 Å². The van der Waals surface area contributed by atoms with Gasteiger partial charge < -0.3 is 4.90 Å². The summed E-state index contributed by atoms with van der Waals surface area (Å²) in [6, 6.07) is 4.46. The third-order valence-electron chi connectivity index (χ3n) is 3.28. The van der Waals surface area contributed by atoms with Crippen molar-refractivity contribution in [1.82, 2.24) is 25.1 Å². The van der Waals surface area contributed by atoms with Crippen LogP contribution in [0.15, 0.2) is 23.4 Å². The second-order valence-corrected chi connectivity index (χ2v) is 7.63. The minimum absolute atomic E-state index is 0.106. The molecule has 1 heterocycles. The molecule has 0 spiro atoms. The van der Waals surface area contributed by atoms with E-state index in [4.69, 9.17) is 11.6 Å². The first-order valence-corrected chi connectivity index (χ1v) is 8.65. The van der Waals surface area contributed by atoms with Gasteiger partial charge in [-0.05, 0) is 43.3 Å². The molecule has 130 valence electrons. The molecule has 0 atom stereocenters. The lowest BCUT2D eigenvalue weighted by molar-refractivity contribution is -0.127. The highest BCUT2D eigenvalue weighted by Crippen LogP contribution is 2.23. The lowest BCUT2D eigenvalue weighted by Crippen LogP contribution is -2.29. The number of thioether (sulfide) groups is 1. The molecule has 0 N–H and O–H groups in total. The molecule has 2 aromatic rings. The molecule has 6 nitrogen and oxygen atoms in total. The van der Waals surface area contributed by atoms with Gasteiger partial charge in [0.2, 0.25) is 11.1 Å². The van der Waals surface area contributed by atoms with E-state index in [-0.39, 0.29) is 23.7 Å². The Balaban J connectivity index is 1.99. The van der Waals surface area contributed by atoms with Crippen LogP contribution in [0.4, 0.5) is 4.39 Å². The molecular weight excluding hydrogens is 353 g/mol. The second-order valence-electron chi connectivity index (χ2n) is 6.28. The molecule has 0 unspecified atom stereocenters. The molecule has 2 rings (SSSR count). The number of tetrazole rings is 1. The Morgan fingerprint density at radius 3 is 2.75 bits per heavy atom. The number of nitrogens with zero attached hydrogens (tertiary/aromatic N) is 5. The largest absolute Gasteiger partial charge is 0.341 e. The van der Waals surface area contributed by atoms with Gasteiger partial charge in [0.1, 0.15) is 5.82 Å². The number of benzene rings is 1.